The summed E-state index contributed by atoms with van der Waals surface area (Å²) in [5.74, 6) is 0. The van der Waals surface area contributed by atoms with E-state index in [2.05, 4.69) is 15.6 Å². The molecule has 2 aromatic heterocycles. The second kappa shape index (κ2) is 5.76. The van der Waals surface area contributed by atoms with Gasteiger partial charge in [-0.3, -0.25) is 0 Å². The van der Waals surface area contributed by atoms with Crippen LogP contribution in [0.2, 0.25) is 0 Å². The highest BCUT2D eigenvalue weighted by Gasteiger charge is 2.15. The number of carbonyl (C=O) groups excluding carboxylic acids is 1. The number of nitrogens with zero attached hydrogens (tertiary/aromatic N) is 2. The van der Waals surface area contributed by atoms with Crippen LogP contribution in [0.15, 0.2) is 18.3 Å². The van der Waals surface area contributed by atoms with Crippen LogP contribution in [-0.4, -0.2) is 21.5 Å². The average molecular weight is 286 g/mol. The van der Waals surface area contributed by atoms with E-state index in [1.165, 1.54) is 19.3 Å². The third-order valence-electron chi connectivity index (χ3n) is 4.29. The van der Waals surface area contributed by atoms with Crippen molar-refractivity contribution in [1.29, 1.82) is 0 Å². The first-order chi connectivity index (χ1) is 10.1. The zero-order chi connectivity index (χ0) is 14.8. The first-order valence-corrected chi connectivity index (χ1v) is 7.66. The fourth-order valence-electron chi connectivity index (χ4n) is 2.95. The molecule has 112 valence electrons. The van der Waals surface area contributed by atoms with E-state index < -0.39 is 0 Å². The zero-order valence-corrected chi connectivity index (χ0v) is 12.6. The molecule has 2 heterocycles. The van der Waals surface area contributed by atoms with Crippen LogP contribution in [0.1, 0.15) is 43.5 Å². The molecule has 1 aliphatic rings. The van der Waals surface area contributed by atoms with Gasteiger partial charge in [-0.2, -0.15) is 0 Å². The summed E-state index contributed by atoms with van der Waals surface area (Å²) in [6.07, 6.45) is 7.81. The van der Waals surface area contributed by atoms with Crippen molar-refractivity contribution in [3.05, 3.63) is 29.7 Å². The monoisotopic (exact) mass is 286 g/mol. The maximum Gasteiger partial charge on any atom is 0.319 e. The normalized spacial score (nSPS) is 16.1. The van der Waals surface area contributed by atoms with Gasteiger partial charge in [-0.05, 0) is 38.8 Å². The third kappa shape index (κ3) is 3.01. The summed E-state index contributed by atoms with van der Waals surface area (Å²) in [5, 5.41) is 5.98. The molecule has 3 rings (SSSR count). The maximum absolute atomic E-state index is 12.1. The van der Waals surface area contributed by atoms with Gasteiger partial charge in [0.25, 0.3) is 0 Å². The van der Waals surface area contributed by atoms with Gasteiger partial charge in [-0.15, -0.1) is 0 Å². The summed E-state index contributed by atoms with van der Waals surface area (Å²) >= 11 is 0. The number of nitrogens with one attached hydrogen (secondary N) is 2. The van der Waals surface area contributed by atoms with Gasteiger partial charge in [0, 0.05) is 17.9 Å². The smallest absolute Gasteiger partial charge is 0.319 e. The molecule has 21 heavy (non-hydrogen) atoms. The number of urea groups is 1. The van der Waals surface area contributed by atoms with Crippen molar-refractivity contribution in [2.45, 2.75) is 52.0 Å². The molecule has 2 aromatic rings. The van der Waals surface area contributed by atoms with Crippen molar-refractivity contribution in [3.8, 4) is 0 Å². The van der Waals surface area contributed by atoms with Crippen LogP contribution in [0.3, 0.4) is 0 Å². The van der Waals surface area contributed by atoms with Crippen molar-refractivity contribution >= 4 is 17.4 Å². The standard InChI is InChI=1S/C16H22N4O/c1-11-12(2)20-10-14(8-9-15(20)17-11)19-16(21)18-13-6-4-3-5-7-13/h8-10,13H,3-7H2,1-2H3,(H2,18,19,21). The van der Waals surface area contributed by atoms with Crippen LogP contribution >= 0.6 is 0 Å². The van der Waals surface area contributed by atoms with Gasteiger partial charge in [0.1, 0.15) is 5.65 Å². The van der Waals surface area contributed by atoms with E-state index >= 15 is 0 Å². The van der Waals surface area contributed by atoms with Crippen LogP contribution in [0.4, 0.5) is 10.5 Å². The summed E-state index contributed by atoms with van der Waals surface area (Å²) < 4.78 is 2.01. The Labute approximate surface area is 124 Å². The lowest BCUT2D eigenvalue weighted by Gasteiger charge is -2.22. The van der Waals surface area contributed by atoms with Crippen molar-refractivity contribution in [1.82, 2.24) is 14.7 Å². The maximum atomic E-state index is 12.1. The van der Waals surface area contributed by atoms with E-state index in [4.69, 9.17) is 0 Å². The molecular weight excluding hydrogens is 264 g/mol. The number of amides is 2. The molecule has 0 aromatic carbocycles. The summed E-state index contributed by atoms with van der Waals surface area (Å²) in [5.41, 5.74) is 3.81. The van der Waals surface area contributed by atoms with Gasteiger partial charge in [-0.25, -0.2) is 9.78 Å². The number of imidazole rings is 1. The largest absolute Gasteiger partial charge is 0.335 e. The Hall–Kier alpha value is -2.04. The molecule has 2 amide bonds. The van der Waals surface area contributed by atoms with Crippen LogP contribution in [0, 0.1) is 13.8 Å². The van der Waals surface area contributed by atoms with Crippen LogP contribution in [0.25, 0.3) is 5.65 Å². The molecule has 5 nitrogen and oxygen atoms in total. The Kier molecular flexibility index (Phi) is 3.82. The molecule has 0 spiro atoms. The van der Waals surface area contributed by atoms with Crippen molar-refractivity contribution in [3.63, 3.8) is 0 Å². The van der Waals surface area contributed by atoms with Gasteiger partial charge < -0.3 is 15.0 Å². The van der Waals surface area contributed by atoms with E-state index in [0.29, 0.717) is 6.04 Å². The highest BCUT2D eigenvalue weighted by molar-refractivity contribution is 5.89. The summed E-state index contributed by atoms with van der Waals surface area (Å²) in [6.45, 7) is 4.02. The number of hydrogen-bond acceptors (Lipinski definition) is 2. The molecule has 0 radical (unpaired) electrons. The summed E-state index contributed by atoms with van der Waals surface area (Å²) in [6, 6.07) is 4.02. The predicted octanol–water partition coefficient (Wildman–Crippen LogP) is 3.41. The van der Waals surface area contributed by atoms with Crippen LogP contribution in [-0.2, 0) is 0 Å². The second-order valence-corrected chi connectivity index (χ2v) is 5.86. The Morgan fingerprint density at radius 2 is 2.00 bits per heavy atom. The Morgan fingerprint density at radius 3 is 2.76 bits per heavy atom. The fourth-order valence-corrected chi connectivity index (χ4v) is 2.95. The molecule has 1 saturated carbocycles. The summed E-state index contributed by atoms with van der Waals surface area (Å²) in [4.78, 5) is 16.5. The van der Waals surface area contributed by atoms with Crippen molar-refractivity contribution in [2.24, 2.45) is 0 Å². The minimum atomic E-state index is -0.115. The summed E-state index contributed by atoms with van der Waals surface area (Å²) in [7, 11) is 0. The topological polar surface area (TPSA) is 58.4 Å². The number of pyridine rings is 1. The number of fused-ring (bicyclic) bond motifs is 1. The number of aryl methyl sites for hydroxylation is 2. The Morgan fingerprint density at radius 1 is 1.24 bits per heavy atom. The van der Waals surface area contributed by atoms with E-state index in [9.17, 15) is 4.79 Å². The number of rotatable bonds is 2. The molecule has 1 fully saturated rings. The first-order valence-electron chi connectivity index (χ1n) is 7.66. The van der Waals surface area contributed by atoms with Gasteiger partial charge >= 0.3 is 6.03 Å². The lowest BCUT2D eigenvalue weighted by Crippen LogP contribution is -2.39. The molecule has 0 atom stereocenters. The van der Waals surface area contributed by atoms with Gasteiger partial charge in [-0.1, -0.05) is 19.3 Å². The van der Waals surface area contributed by atoms with Gasteiger partial charge in [0.05, 0.1) is 11.4 Å². The van der Waals surface area contributed by atoms with E-state index in [-0.39, 0.29) is 6.03 Å². The van der Waals surface area contributed by atoms with Crippen molar-refractivity contribution < 1.29 is 4.79 Å². The molecule has 5 heteroatoms. The molecule has 1 aliphatic carbocycles. The molecule has 2 N–H and O–H groups in total. The van der Waals surface area contributed by atoms with E-state index in [1.807, 2.05) is 36.6 Å². The fraction of sp³-hybridized carbons (Fsp3) is 0.500. The third-order valence-corrected chi connectivity index (χ3v) is 4.29. The number of hydrogen-bond donors (Lipinski definition) is 2. The predicted molar refractivity (Wildman–Crippen MR) is 83.7 cm³/mol. The van der Waals surface area contributed by atoms with Crippen molar-refractivity contribution in [2.75, 3.05) is 5.32 Å². The number of aromatic nitrogens is 2. The Bertz CT molecular complexity index is 656. The van der Waals surface area contributed by atoms with Crippen LogP contribution in [0.5, 0.6) is 0 Å². The molecule has 0 bridgehead atoms. The minimum absolute atomic E-state index is 0.115. The average Bonchev–Trinajstić information content (AvgIpc) is 2.75. The number of carbonyl (C=O) groups is 1. The minimum Gasteiger partial charge on any atom is -0.335 e. The first kappa shape index (κ1) is 13.9. The second-order valence-electron chi connectivity index (χ2n) is 5.86. The lowest BCUT2D eigenvalue weighted by atomic mass is 9.96. The Balaban J connectivity index is 1.69. The van der Waals surface area contributed by atoms with Gasteiger partial charge in [0.15, 0.2) is 0 Å². The highest BCUT2D eigenvalue weighted by Crippen LogP contribution is 2.18. The highest BCUT2D eigenvalue weighted by atomic mass is 16.2. The molecule has 0 aliphatic heterocycles. The zero-order valence-electron chi connectivity index (χ0n) is 12.6. The van der Waals surface area contributed by atoms with Crippen LogP contribution < -0.4 is 10.6 Å². The molecule has 0 unspecified atom stereocenters. The lowest BCUT2D eigenvalue weighted by molar-refractivity contribution is 0.244. The number of anilines is 1. The molecule has 0 saturated heterocycles. The molecular formula is C16H22N4O. The van der Waals surface area contributed by atoms with Gasteiger partial charge in [0.2, 0.25) is 0 Å². The quantitative estimate of drug-likeness (QED) is 0.889. The van der Waals surface area contributed by atoms with E-state index in [0.717, 1.165) is 35.6 Å². The van der Waals surface area contributed by atoms with E-state index in [1.54, 1.807) is 0 Å². The SMILES string of the molecule is Cc1nc2ccc(NC(=O)NC3CCCCC3)cn2c1C.